The Morgan fingerprint density at radius 3 is 1.44 bits per heavy atom. The fourth-order valence-electron chi connectivity index (χ4n) is 0.920. The average Bonchev–Trinajstić information content (AvgIpc) is 2.86. The Morgan fingerprint density at radius 1 is 0.938 bits per heavy atom. The van der Waals surface area contributed by atoms with E-state index in [1.54, 1.807) is 0 Å². The van der Waals surface area contributed by atoms with Crippen LogP contribution in [0.1, 0.15) is 11.1 Å². The van der Waals surface area contributed by atoms with Gasteiger partial charge in [0.2, 0.25) is 0 Å². The topological polar surface area (TPSA) is 0 Å². The zero-order valence-corrected chi connectivity index (χ0v) is 12.0. The maximum Gasteiger partial charge on any atom is 4.00 e. The van der Waals surface area contributed by atoms with Crippen LogP contribution in [0.15, 0.2) is 55.1 Å². The van der Waals surface area contributed by atoms with E-state index in [4.69, 9.17) is 0 Å². The summed E-state index contributed by atoms with van der Waals surface area (Å²) in [4.78, 5) is 0. The molecule has 16 heavy (non-hydrogen) atoms. The first-order valence-corrected chi connectivity index (χ1v) is 4.57. The largest absolute Gasteiger partial charge is 4.00 e. The van der Waals surface area contributed by atoms with Gasteiger partial charge in [-0.2, -0.15) is 47.5 Å². The van der Waals surface area contributed by atoms with Gasteiger partial charge in [-0.1, -0.05) is 13.8 Å². The molecular formula is C15H20Ti. The van der Waals surface area contributed by atoms with Gasteiger partial charge in [0.15, 0.2) is 0 Å². The summed E-state index contributed by atoms with van der Waals surface area (Å²) < 4.78 is 0. The molecule has 0 aliphatic carbocycles. The van der Waals surface area contributed by atoms with E-state index in [9.17, 15) is 0 Å². The van der Waals surface area contributed by atoms with E-state index >= 15 is 0 Å². The summed E-state index contributed by atoms with van der Waals surface area (Å²) in [5.41, 5.74) is 2.78. The van der Waals surface area contributed by atoms with E-state index in [2.05, 4.69) is 45.2 Å². The summed E-state index contributed by atoms with van der Waals surface area (Å²) in [7, 11) is 0. The second kappa shape index (κ2) is 14.2. The first-order valence-electron chi connectivity index (χ1n) is 4.57. The van der Waals surface area contributed by atoms with Crippen LogP contribution in [0.25, 0.3) is 0 Å². The predicted molar refractivity (Wildman–Crippen MR) is 69.9 cm³/mol. The van der Waals surface area contributed by atoms with Gasteiger partial charge in [0.25, 0.3) is 0 Å². The van der Waals surface area contributed by atoms with Crippen molar-refractivity contribution in [2.75, 3.05) is 0 Å². The van der Waals surface area contributed by atoms with E-state index in [0.717, 1.165) is 0 Å². The second-order valence-corrected chi connectivity index (χ2v) is 2.85. The summed E-state index contributed by atoms with van der Waals surface area (Å²) in [6.07, 6.45) is 0. The smallest absolute Gasteiger partial charge is 0.521 e. The van der Waals surface area contributed by atoms with Gasteiger partial charge in [-0.15, -0.1) is 0 Å². The monoisotopic (exact) mass is 248 g/mol. The molecule has 0 saturated heterocycles. The quantitative estimate of drug-likeness (QED) is 0.476. The van der Waals surface area contributed by atoms with Crippen molar-refractivity contribution in [3.05, 3.63) is 80.2 Å². The molecule has 0 N–H and O–H groups in total. The molecule has 0 aromatic heterocycles. The molecule has 0 bridgehead atoms. The van der Waals surface area contributed by atoms with Crippen LogP contribution in [-0.4, -0.2) is 0 Å². The van der Waals surface area contributed by atoms with E-state index < -0.39 is 0 Å². The Morgan fingerprint density at radius 2 is 1.31 bits per heavy atom. The maximum absolute atomic E-state index is 4.25. The van der Waals surface area contributed by atoms with Crippen LogP contribution >= 0.6 is 0 Å². The summed E-state index contributed by atoms with van der Waals surface area (Å²) in [6.45, 7) is 11.2. The SMILES string of the molecule is Cc1c[cH-]cc1C.[CH-]=C.[CH3-].[Ti+4].c1cc[cH-]c1. The van der Waals surface area contributed by atoms with Gasteiger partial charge in [-0.25, -0.2) is 12.1 Å². The van der Waals surface area contributed by atoms with Crippen LogP contribution in [-0.2, 0) is 21.7 Å². The molecule has 1 heteroatoms. The van der Waals surface area contributed by atoms with Crippen molar-refractivity contribution in [1.29, 1.82) is 0 Å². The van der Waals surface area contributed by atoms with Crippen molar-refractivity contribution in [2.45, 2.75) is 13.8 Å². The molecule has 2 aromatic carbocycles. The van der Waals surface area contributed by atoms with Crippen molar-refractivity contribution >= 4 is 0 Å². The Balaban J connectivity index is -0.000000169. The fourth-order valence-corrected chi connectivity index (χ4v) is 0.920. The van der Waals surface area contributed by atoms with Gasteiger partial charge in [0.1, 0.15) is 0 Å². The van der Waals surface area contributed by atoms with Gasteiger partial charge in [0, 0.05) is 0 Å². The van der Waals surface area contributed by atoms with Gasteiger partial charge in [-0.3, -0.25) is 6.58 Å². The van der Waals surface area contributed by atoms with Crippen molar-refractivity contribution in [3.63, 3.8) is 0 Å². The Labute approximate surface area is 116 Å². The molecule has 0 heterocycles. The van der Waals surface area contributed by atoms with E-state index in [-0.39, 0.29) is 29.1 Å². The molecule has 2 aromatic rings. The number of hydrogen-bond acceptors (Lipinski definition) is 0. The third-order valence-corrected chi connectivity index (χ3v) is 1.87. The molecule has 2 rings (SSSR count). The minimum atomic E-state index is 0. The van der Waals surface area contributed by atoms with Crippen LogP contribution in [0.2, 0.25) is 0 Å². The van der Waals surface area contributed by atoms with Gasteiger partial charge in [0.05, 0.1) is 0 Å². The molecule has 0 saturated carbocycles. The minimum absolute atomic E-state index is 0. The van der Waals surface area contributed by atoms with Gasteiger partial charge in [-0.05, 0) is 0 Å². The van der Waals surface area contributed by atoms with E-state index in [1.807, 2.05) is 30.3 Å². The number of rotatable bonds is 0. The zero-order valence-electron chi connectivity index (χ0n) is 10.4. The van der Waals surface area contributed by atoms with Crippen LogP contribution in [0.5, 0.6) is 0 Å². The molecule has 0 nitrogen and oxygen atoms in total. The minimum Gasteiger partial charge on any atom is -0.521 e. The van der Waals surface area contributed by atoms with Gasteiger partial charge >= 0.3 is 21.7 Å². The molecule has 0 atom stereocenters. The van der Waals surface area contributed by atoms with Gasteiger partial charge < -0.3 is 14.0 Å². The average molecular weight is 248 g/mol. The van der Waals surface area contributed by atoms with E-state index in [1.165, 1.54) is 11.1 Å². The summed E-state index contributed by atoms with van der Waals surface area (Å²) in [5, 5.41) is 0. The summed E-state index contributed by atoms with van der Waals surface area (Å²) >= 11 is 0. The Bertz CT molecular complexity index is 270. The normalized spacial score (nSPS) is 6.88. The summed E-state index contributed by atoms with van der Waals surface area (Å²) in [5.74, 6) is 0. The second-order valence-electron chi connectivity index (χ2n) is 2.85. The third kappa shape index (κ3) is 9.70. The van der Waals surface area contributed by atoms with Crippen molar-refractivity contribution in [3.8, 4) is 0 Å². The molecule has 0 radical (unpaired) electrons. The molecule has 0 unspecified atom stereocenters. The Kier molecular flexibility index (Phi) is 18.2. The first-order chi connectivity index (χ1) is 6.80. The fraction of sp³-hybridized carbons (Fsp3) is 0.133. The standard InChI is InChI=1S/C7H9.C5H5.C2H3.CH3.Ti/c1-6-4-3-5-7(6)2;1-2-4-5-3-1;1-2;;/h3-5H,1-2H3;1-5H;1H,2H2;1H3;/q4*-1;+4. The predicted octanol–water partition coefficient (Wildman–Crippen LogP) is 4.48. The van der Waals surface area contributed by atoms with Crippen molar-refractivity contribution < 1.29 is 21.7 Å². The van der Waals surface area contributed by atoms with Crippen molar-refractivity contribution in [2.24, 2.45) is 0 Å². The number of hydrogen-bond donors (Lipinski definition) is 0. The Hall–Kier alpha value is -0.846. The number of aryl methyl sites for hydroxylation is 2. The third-order valence-electron chi connectivity index (χ3n) is 1.87. The van der Waals surface area contributed by atoms with Crippen LogP contribution in [0, 0.1) is 27.9 Å². The van der Waals surface area contributed by atoms with Crippen LogP contribution < -0.4 is 0 Å². The molecule has 0 fully saturated rings. The van der Waals surface area contributed by atoms with Crippen molar-refractivity contribution in [1.82, 2.24) is 0 Å². The molecule has 0 aliphatic heterocycles. The molecule has 84 valence electrons. The molecular weight excluding hydrogens is 228 g/mol. The van der Waals surface area contributed by atoms with Crippen LogP contribution in [0.3, 0.4) is 0 Å². The molecule has 0 amide bonds. The molecule has 0 aliphatic rings. The maximum atomic E-state index is 4.25. The zero-order chi connectivity index (χ0) is 10.8. The van der Waals surface area contributed by atoms with Crippen LogP contribution in [0.4, 0.5) is 0 Å². The molecule has 0 spiro atoms. The first kappa shape index (κ1) is 20.6. The summed E-state index contributed by atoms with van der Waals surface area (Å²) in [6, 6.07) is 16.3. The van der Waals surface area contributed by atoms with E-state index in [0.29, 0.717) is 0 Å².